The van der Waals surface area contributed by atoms with E-state index in [2.05, 4.69) is 15.3 Å². The van der Waals surface area contributed by atoms with Crippen molar-refractivity contribution >= 4 is 11.6 Å². The topological polar surface area (TPSA) is 47.0 Å². The van der Waals surface area contributed by atoms with Crippen LogP contribution in [0, 0.1) is 6.92 Å². The highest BCUT2D eigenvalue weighted by Crippen LogP contribution is 2.21. The van der Waals surface area contributed by atoms with Crippen LogP contribution in [0.25, 0.3) is 0 Å². The fourth-order valence-corrected chi connectivity index (χ4v) is 2.32. The molecule has 20 heavy (non-hydrogen) atoms. The maximum absolute atomic E-state index is 5.99. The number of nitrogens with zero attached hydrogens (tertiary/aromatic N) is 2. The van der Waals surface area contributed by atoms with Crippen molar-refractivity contribution in [1.82, 2.24) is 15.3 Å². The highest BCUT2D eigenvalue weighted by Gasteiger charge is 2.11. The second-order valence-corrected chi connectivity index (χ2v) is 5.29. The number of rotatable bonds is 3. The van der Waals surface area contributed by atoms with Crippen molar-refractivity contribution in [2.24, 2.45) is 0 Å². The van der Waals surface area contributed by atoms with Crippen molar-refractivity contribution in [3.63, 3.8) is 0 Å². The minimum absolute atomic E-state index is 0.377. The molecule has 0 atom stereocenters. The Bertz CT molecular complexity index is 631. The van der Waals surface area contributed by atoms with E-state index in [1.807, 2.05) is 31.3 Å². The van der Waals surface area contributed by atoms with Gasteiger partial charge < -0.3 is 10.1 Å². The molecule has 4 nitrogen and oxygen atoms in total. The average Bonchev–Trinajstić information content (AvgIpc) is 2.48. The highest BCUT2D eigenvalue weighted by atomic mass is 35.5. The van der Waals surface area contributed by atoms with E-state index in [0.717, 1.165) is 47.4 Å². The van der Waals surface area contributed by atoms with Gasteiger partial charge in [-0.1, -0.05) is 11.6 Å². The summed E-state index contributed by atoms with van der Waals surface area (Å²) in [4.78, 5) is 8.91. The van der Waals surface area contributed by atoms with Crippen LogP contribution in [0.15, 0.2) is 24.4 Å². The van der Waals surface area contributed by atoms with Crippen molar-refractivity contribution in [1.29, 1.82) is 0 Å². The smallest absolute Gasteiger partial charge is 0.166 e. The molecule has 2 heterocycles. The first-order valence-corrected chi connectivity index (χ1v) is 7.03. The monoisotopic (exact) mass is 289 g/mol. The maximum Gasteiger partial charge on any atom is 0.166 e. The molecule has 104 valence electrons. The van der Waals surface area contributed by atoms with Crippen LogP contribution in [0.2, 0.25) is 5.02 Å². The lowest BCUT2D eigenvalue weighted by molar-refractivity contribution is 0.294. The first kappa shape index (κ1) is 13.3. The summed E-state index contributed by atoms with van der Waals surface area (Å²) in [6, 6.07) is 5.62. The van der Waals surface area contributed by atoms with E-state index in [-0.39, 0.29) is 0 Å². The Labute approximate surface area is 123 Å². The Hall–Kier alpha value is -1.65. The number of nitrogens with one attached hydrogen (secondary N) is 1. The Morgan fingerprint density at radius 3 is 3.15 bits per heavy atom. The largest absolute Gasteiger partial charge is 0.486 e. The Kier molecular flexibility index (Phi) is 3.85. The normalized spacial score (nSPS) is 13.9. The maximum atomic E-state index is 5.99. The van der Waals surface area contributed by atoms with Crippen molar-refractivity contribution < 1.29 is 4.74 Å². The minimum Gasteiger partial charge on any atom is -0.486 e. The van der Waals surface area contributed by atoms with Gasteiger partial charge in [0.15, 0.2) is 5.82 Å². The summed E-state index contributed by atoms with van der Waals surface area (Å²) in [7, 11) is 0. The van der Waals surface area contributed by atoms with Gasteiger partial charge in [-0.25, -0.2) is 9.97 Å². The van der Waals surface area contributed by atoms with E-state index < -0.39 is 0 Å². The fraction of sp³-hybridized carbons (Fsp3) is 0.333. The second-order valence-electron chi connectivity index (χ2n) is 4.88. The fourth-order valence-electron chi connectivity index (χ4n) is 2.20. The SMILES string of the molecule is Cc1cc(OCc2ncc3c(n2)CCNC3)ccc1Cl. The van der Waals surface area contributed by atoms with Crippen LogP contribution >= 0.6 is 11.6 Å². The third-order valence-electron chi connectivity index (χ3n) is 3.36. The third-order valence-corrected chi connectivity index (χ3v) is 3.78. The molecule has 0 aliphatic carbocycles. The Morgan fingerprint density at radius 2 is 2.30 bits per heavy atom. The van der Waals surface area contributed by atoms with Gasteiger partial charge in [0.2, 0.25) is 0 Å². The quantitative estimate of drug-likeness (QED) is 0.944. The van der Waals surface area contributed by atoms with Gasteiger partial charge in [-0.15, -0.1) is 0 Å². The summed E-state index contributed by atoms with van der Waals surface area (Å²) in [6.07, 6.45) is 2.84. The molecule has 0 spiro atoms. The molecule has 0 saturated heterocycles. The molecule has 1 N–H and O–H groups in total. The van der Waals surface area contributed by atoms with Gasteiger partial charge in [-0.05, 0) is 30.7 Å². The molecule has 0 bridgehead atoms. The van der Waals surface area contributed by atoms with Gasteiger partial charge in [0, 0.05) is 42.0 Å². The van der Waals surface area contributed by atoms with Gasteiger partial charge in [0.05, 0.1) is 0 Å². The molecule has 2 aromatic rings. The minimum atomic E-state index is 0.377. The molecule has 0 fully saturated rings. The highest BCUT2D eigenvalue weighted by molar-refractivity contribution is 6.31. The molecule has 1 aliphatic rings. The zero-order chi connectivity index (χ0) is 13.9. The summed E-state index contributed by atoms with van der Waals surface area (Å²) in [5, 5.41) is 4.05. The first-order valence-electron chi connectivity index (χ1n) is 6.66. The van der Waals surface area contributed by atoms with Gasteiger partial charge in [0.1, 0.15) is 12.4 Å². The molecule has 1 aromatic carbocycles. The molecule has 1 aromatic heterocycles. The van der Waals surface area contributed by atoms with Crippen LogP contribution in [0.1, 0.15) is 22.6 Å². The summed E-state index contributed by atoms with van der Waals surface area (Å²) in [6.45, 7) is 4.16. The van der Waals surface area contributed by atoms with Crippen LogP contribution in [-0.2, 0) is 19.6 Å². The predicted molar refractivity (Wildman–Crippen MR) is 78.0 cm³/mol. The van der Waals surface area contributed by atoms with E-state index in [1.54, 1.807) is 0 Å². The second kappa shape index (κ2) is 5.77. The zero-order valence-corrected chi connectivity index (χ0v) is 12.1. The molecule has 0 saturated carbocycles. The van der Waals surface area contributed by atoms with Crippen LogP contribution in [0.3, 0.4) is 0 Å². The van der Waals surface area contributed by atoms with Gasteiger partial charge in [0.25, 0.3) is 0 Å². The molecule has 0 unspecified atom stereocenters. The first-order chi connectivity index (χ1) is 9.72. The van der Waals surface area contributed by atoms with Crippen molar-refractivity contribution in [3.8, 4) is 5.75 Å². The van der Waals surface area contributed by atoms with Crippen LogP contribution in [0.5, 0.6) is 5.75 Å². The van der Waals surface area contributed by atoms with E-state index in [9.17, 15) is 0 Å². The van der Waals surface area contributed by atoms with E-state index in [4.69, 9.17) is 16.3 Å². The number of ether oxygens (including phenoxy) is 1. The predicted octanol–water partition coefficient (Wildman–Crippen LogP) is 2.66. The van der Waals surface area contributed by atoms with Crippen LogP contribution < -0.4 is 10.1 Å². The van der Waals surface area contributed by atoms with Gasteiger partial charge >= 0.3 is 0 Å². The van der Waals surface area contributed by atoms with Gasteiger partial charge in [-0.3, -0.25) is 0 Å². The number of aryl methyl sites for hydroxylation is 1. The van der Waals surface area contributed by atoms with Crippen molar-refractivity contribution in [2.75, 3.05) is 6.54 Å². The number of fused-ring (bicyclic) bond motifs is 1. The van der Waals surface area contributed by atoms with E-state index >= 15 is 0 Å². The Morgan fingerprint density at radius 1 is 1.40 bits per heavy atom. The van der Waals surface area contributed by atoms with Crippen LogP contribution in [-0.4, -0.2) is 16.5 Å². The molecule has 0 amide bonds. The third kappa shape index (κ3) is 2.92. The molecule has 3 rings (SSSR count). The number of hydrogen-bond donors (Lipinski definition) is 1. The summed E-state index contributed by atoms with van der Waals surface area (Å²) in [5.41, 5.74) is 3.31. The summed E-state index contributed by atoms with van der Waals surface area (Å²) < 4.78 is 5.72. The standard InChI is InChI=1S/C15H16ClN3O/c1-10-6-12(2-3-13(10)16)20-9-15-18-8-11-7-17-5-4-14(11)19-15/h2-3,6,8,17H,4-5,7,9H2,1H3. The molecule has 0 radical (unpaired) electrons. The Balaban J connectivity index is 1.70. The molecular weight excluding hydrogens is 274 g/mol. The number of hydrogen-bond acceptors (Lipinski definition) is 4. The van der Waals surface area contributed by atoms with Crippen molar-refractivity contribution in [2.45, 2.75) is 26.5 Å². The van der Waals surface area contributed by atoms with E-state index in [1.165, 1.54) is 5.56 Å². The van der Waals surface area contributed by atoms with Crippen molar-refractivity contribution in [3.05, 3.63) is 52.1 Å². The molecule has 1 aliphatic heterocycles. The molecular formula is C15H16ClN3O. The number of halogens is 1. The zero-order valence-electron chi connectivity index (χ0n) is 11.3. The number of benzene rings is 1. The molecule has 5 heteroatoms. The number of aromatic nitrogens is 2. The van der Waals surface area contributed by atoms with Crippen LogP contribution in [0.4, 0.5) is 0 Å². The summed E-state index contributed by atoms with van der Waals surface area (Å²) in [5.74, 6) is 1.51. The summed E-state index contributed by atoms with van der Waals surface area (Å²) >= 11 is 5.99. The average molecular weight is 290 g/mol. The van der Waals surface area contributed by atoms with E-state index in [0.29, 0.717) is 6.61 Å². The lowest BCUT2D eigenvalue weighted by Gasteiger charge is -2.16. The lowest BCUT2D eigenvalue weighted by atomic mass is 10.1. The van der Waals surface area contributed by atoms with Gasteiger partial charge in [-0.2, -0.15) is 0 Å². The lowest BCUT2D eigenvalue weighted by Crippen LogP contribution is -2.25.